The summed E-state index contributed by atoms with van der Waals surface area (Å²) in [4.78, 5) is 13.8. The van der Waals surface area contributed by atoms with Gasteiger partial charge in [0.1, 0.15) is 0 Å². The molecule has 1 saturated heterocycles. The molecule has 88 valence electrons. The molecule has 1 fully saturated rings. The number of carbonyl (C=O) groups is 1. The number of carbonyl (C=O) groups excluding carboxylic acids is 1. The minimum Gasteiger partial charge on any atom is -0.391 e. The molecule has 1 aliphatic heterocycles. The summed E-state index contributed by atoms with van der Waals surface area (Å²) in [6.07, 6.45) is 3.19. The van der Waals surface area contributed by atoms with E-state index in [0.29, 0.717) is 13.1 Å². The van der Waals surface area contributed by atoms with Gasteiger partial charge in [0.15, 0.2) is 0 Å². The molecule has 15 heavy (non-hydrogen) atoms. The van der Waals surface area contributed by atoms with Gasteiger partial charge >= 0.3 is 0 Å². The molecule has 3 N–H and O–H groups in total. The zero-order valence-electron chi connectivity index (χ0n) is 9.48. The van der Waals surface area contributed by atoms with Crippen LogP contribution in [0.2, 0.25) is 0 Å². The largest absolute Gasteiger partial charge is 0.391 e. The van der Waals surface area contributed by atoms with Crippen molar-refractivity contribution >= 4 is 5.91 Å². The number of hydrogen-bond acceptors (Lipinski definition) is 3. The Morgan fingerprint density at radius 2 is 2.40 bits per heavy atom. The summed E-state index contributed by atoms with van der Waals surface area (Å²) in [5.41, 5.74) is 5.59. The van der Waals surface area contributed by atoms with Gasteiger partial charge in [0.25, 0.3) is 0 Å². The number of amides is 1. The van der Waals surface area contributed by atoms with Crippen LogP contribution in [0.4, 0.5) is 0 Å². The number of rotatable bonds is 4. The van der Waals surface area contributed by atoms with E-state index in [1.807, 2.05) is 0 Å². The van der Waals surface area contributed by atoms with Crippen molar-refractivity contribution in [2.75, 3.05) is 19.6 Å². The first-order valence-corrected chi connectivity index (χ1v) is 5.86. The lowest BCUT2D eigenvalue weighted by Crippen LogP contribution is -2.46. The number of aliphatic hydroxyl groups excluding tert-OH is 1. The number of aliphatic hydroxyl groups is 1. The summed E-state index contributed by atoms with van der Waals surface area (Å²) in [7, 11) is 0. The van der Waals surface area contributed by atoms with Crippen LogP contribution in [0.1, 0.15) is 32.6 Å². The number of β-amino-alcohol motifs (C(OH)–C–C–N with tert-alkyl or cyclic N) is 1. The molecule has 1 amide bonds. The summed E-state index contributed by atoms with van der Waals surface area (Å²) in [5.74, 6) is 0.0680. The van der Waals surface area contributed by atoms with Gasteiger partial charge < -0.3 is 15.7 Å². The molecule has 0 bridgehead atoms. The Morgan fingerprint density at radius 1 is 1.67 bits per heavy atom. The first-order valence-electron chi connectivity index (χ1n) is 5.86. The minimum absolute atomic E-state index is 0.0553. The van der Waals surface area contributed by atoms with Crippen LogP contribution in [-0.2, 0) is 4.79 Å². The lowest BCUT2D eigenvalue weighted by atomic mass is 10.00. The summed E-state index contributed by atoms with van der Waals surface area (Å²) in [6, 6.07) is 0. The van der Waals surface area contributed by atoms with Crippen LogP contribution in [-0.4, -0.2) is 41.7 Å². The average Bonchev–Trinajstić information content (AvgIpc) is 2.25. The third-order valence-electron chi connectivity index (χ3n) is 2.98. The molecule has 1 rings (SSSR count). The van der Waals surface area contributed by atoms with Crippen molar-refractivity contribution in [2.24, 2.45) is 11.7 Å². The normalized spacial score (nSPS) is 23.9. The second-order valence-corrected chi connectivity index (χ2v) is 4.30. The van der Waals surface area contributed by atoms with Gasteiger partial charge in [0.2, 0.25) is 5.91 Å². The highest BCUT2D eigenvalue weighted by Crippen LogP contribution is 2.15. The molecule has 0 radical (unpaired) electrons. The molecule has 0 aromatic heterocycles. The fourth-order valence-corrected chi connectivity index (χ4v) is 2.10. The number of hydrogen-bond donors (Lipinski definition) is 2. The predicted octanol–water partition coefficient (Wildman–Crippen LogP) is 0.345. The first kappa shape index (κ1) is 12.5. The molecule has 4 heteroatoms. The molecular weight excluding hydrogens is 192 g/mol. The van der Waals surface area contributed by atoms with E-state index in [1.165, 1.54) is 0 Å². The summed E-state index contributed by atoms with van der Waals surface area (Å²) in [6.45, 7) is 3.73. The maximum Gasteiger partial charge on any atom is 0.227 e. The Hall–Kier alpha value is -0.610. The molecule has 0 spiro atoms. The maximum atomic E-state index is 12.0. The van der Waals surface area contributed by atoms with Crippen molar-refractivity contribution in [3.05, 3.63) is 0 Å². The number of nitrogens with two attached hydrogens (primary N) is 1. The maximum absolute atomic E-state index is 12.0. The zero-order chi connectivity index (χ0) is 11.3. The highest BCUT2D eigenvalue weighted by atomic mass is 16.3. The van der Waals surface area contributed by atoms with Crippen LogP contribution < -0.4 is 5.73 Å². The van der Waals surface area contributed by atoms with E-state index in [-0.39, 0.29) is 17.9 Å². The first-order chi connectivity index (χ1) is 7.19. The SMILES string of the molecule is CCCC(CN)C(=O)N1CCCC(O)C1. The highest BCUT2D eigenvalue weighted by Gasteiger charge is 2.26. The standard InChI is InChI=1S/C11H22N2O2/c1-2-4-9(7-12)11(15)13-6-3-5-10(14)8-13/h9-10,14H,2-8,12H2,1H3. The van der Waals surface area contributed by atoms with Gasteiger partial charge in [0.05, 0.1) is 12.0 Å². The third-order valence-corrected chi connectivity index (χ3v) is 2.98. The van der Waals surface area contributed by atoms with E-state index in [0.717, 1.165) is 32.2 Å². The topological polar surface area (TPSA) is 66.6 Å². The van der Waals surface area contributed by atoms with Crippen LogP contribution in [0.3, 0.4) is 0 Å². The van der Waals surface area contributed by atoms with Crippen molar-refractivity contribution in [3.63, 3.8) is 0 Å². The Morgan fingerprint density at radius 3 is 2.93 bits per heavy atom. The monoisotopic (exact) mass is 214 g/mol. The number of likely N-dealkylation sites (tertiary alicyclic amines) is 1. The molecule has 1 aliphatic rings. The van der Waals surface area contributed by atoms with Crippen LogP contribution in [0.5, 0.6) is 0 Å². The van der Waals surface area contributed by atoms with Crippen LogP contribution >= 0.6 is 0 Å². The van der Waals surface area contributed by atoms with E-state index in [2.05, 4.69) is 6.92 Å². The summed E-state index contributed by atoms with van der Waals surface area (Å²) in [5, 5.41) is 9.49. The van der Waals surface area contributed by atoms with Gasteiger partial charge in [-0.3, -0.25) is 4.79 Å². The second-order valence-electron chi connectivity index (χ2n) is 4.30. The quantitative estimate of drug-likeness (QED) is 0.709. The Bertz CT molecular complexity index is 209. The average molecular weight is 214 g/mol. The van der Waals surface area contributed by atoms with Gasteiger partial charge in [0, 0.05) is 19.6 Å². The van der Waals surface area contributed by atoms with Crippen molar-refractivity contribution in [1.29, 1.82) is 0 Å². The van der Waals surface area contributed by atoms with E-state index >= 15 is 0 Å². The molecule has 0 aromatic carbocycles. The number of piperidine rings is 1. The molecule has 4 nitrogen and oxygen atoms in total. The highest BCUT2D eigenvalue weighted by molar-refractivity contribution is 5.79. The van der Waals surface area contributed by atoms with Gasteiger partial charge in [-0.2, -0.15) is 0 Å². The smallest absolute Gasteiger partial charge is 0.227 e. The molecule has 0 aromatic rings. The molecule has 0 aliphatic carbocycles. The summed E-state index contributed by atoms with van der Waals surface area (Å²) < 4.78 is 0. The van der Waals surface area contributed by atoms with Crippen LogP contribution in [0.15, 0.2) is 0 Å². The Labute approximate surface area is 91.4 Å². The van der Waals surface area contributed by atoms with Gasteiger partial charge in [-0.25, -0.2) is 0 Å². The van der Waals surface area contributed by atoms with E-state index in [4.69, 9.17) is 5.73 Å². The fraction of sp³-hybridized carbons (Fsp3) is 0.909. The second kappa shape index (κ2) is 6.08. The van der Waals surface area contributed by atoms with Gasteiger partial charge in [-0.1, -0.05) is 13.3 Å². The molecule has 2 atom stereocenters. The summed E-state index contributed by atoms with van der Waals surface area (Å²) >= 11 is 0. The van der Waals surface area contributed by atoms with Gasteiger partial charge in [-0.15, -0.1) is 0 Å². The minimum atomic E-state index is -0.345. The lowest BCUT2D eigenvalue weighted by molar-refractivity contribution is -0.138. The zero-order valence-corrected chi connectivity index (χ0v) is 9.48. The lowest BCUT2D eigenvalue weighted by Gasteiger charge is -2.32. The fourth-order valence-electron chi connectivity index (χ4n) is 2.10. The number of nitrogens with zero attached hydrogens (tertiary/aromatic N) is 1. The predicted molar refractivity (Wildman–Crippen MR) is 59.3 cm³/mol. The van der Waals surface area contributed by atoms with Crippen molar-refractivity contribution in [2.45, 2.75) is 38.7 Å². The van der Waals surface area contributed by atoms with Crippen LogP contribution in [0, 0.1) is 5.92 Å². The van der Waals surface area contributed by atoms with E-state index in [1.54, 1.807) is 4.90 Å². The molecular formula is C11H22N2O2. The van der Waals surface area contributed by atoms with Crippen molar-refractivity contribution < 1.29 is 9.90 Å². The van der Waals surface area contributed by atoms with Crippen molar-refractivity contribution in [1.82, 2.24) is 4.90 Å². The molecule has 0 saturated carbocycles. The molecule has 1 heterocycles. The van der Waals surface area contributed by atoms with E-state index in [9.17, 15) is 9.90 Å². The Balaban J connectivity index is 2.49. The van der Waals surface area contributed by atoms with Crippen LogP contribution in [0.25, 0.3) is 0 Å². The van der Waals surface area contributed by atoms with E-state index < -0.39 is 0 Å². The van der Waals surface area contributed by atoms with Crippen molar-refractivity contribution in [3.8, 4) is 0 Å². The third kappa shape index (κ3) is 3.47. The Kier molecular flexibility index (Phi) is 5.05. The van der Waals surface area contributed by atoms with Gasteiger partial charge in [-0.05, 0) is 19.3 Å². The molecule has 2 unspecified atom stereocenters.